The number of ether oxygens (including phenoxy) is 1. The minimum Gasteiger partial charge on any atom is -0.444 e. The summed E-state index contributed by atoms with van der Waals surface area (Å²) in [7, 11) is 0. The summed E-state index contributed by atoms with van der Waals surface area (Å²) in [5.74, 6) is -0.256. The van der Waals surface area contributed by atoms with E-state index in [1.807, 2.05) is 20.8 Å². The predicted molar refractivity (Wildman–Crippen MR) is 142 cm³/mol. The van der Waals surface area contributed by atoms with Gasteiger partial charge in [-0.05, 0) is 70.2 Å². The van der Waals surface area contributed by atoms with Crippen molar-refractivity contribution in [3.8, 4) is 6.07 Å². The van der Waals surface area contributed by atoms with Gasteiger partial charge in [0.1, 0.15) is 11.3 Å². The molecule has 0 spiro atoms. The Balaban J connectivity index is 1.50. The number of carbonyl (C=O) groups excluding carboxylic acids is 2. The third-order valence-electron chi connectivity index (χ3n) is 6.51. The molecule has 0 radical (unpaired) electrons. The molecule has 10 heteroatoms. The Bertz CT molecular complexity index is 1410. The van der Waals surface area contributed by atoms with Gasteiger partial charge in [0, 0.05) is 36.1 Å². The molecule has 198 valence electrons. The largest absolute Gasteiger partial charge is 0.444 e. The molecule has 1 aliphatic rings. The summed E-state index contributed by atoms with van der Waals surface area (Å²) in [6.45, 7) is 5.69. The average Bonchev–Trinajstić information content (AvgIpc) is 3.21. The van der Waals surface area contributed by atoms with Gasteiger partial charge in [0.05, 0.1) is 22.1 Å². The first-order chi connectivity index (χ1) is 18.0. The van der Waals surface area contributed by atoms with Gasteiger partial charge in [-0.2, -0.15) is 5.26 Å². The summed E-state index contributed by atoms with van der Waals surface area (Å²) in [6, 6.07) is 15.3. The number of nitro groups is 1. The molecule has 0 bridgehead atoms. The third-order valence-corrected chi connectivity index (χ3v) is 6.51. The maximum absolute atomic E-state index is 13.4. The smallest absolute Gasteiger partial charge is 0.407 e. The number of rotatable bonds is 6. The number of nitrogens with zero attached hydrogens (tertiary/aromatic N) is 3. The first-order valence-corrected chi connectivity index (χ1v) is 12.6. The Kier molecular flexibility index (Phi) is 7.67. The molecule has 38 heavy (non-hydrogen) atoms. The van der Waals surface area contributed by atoms with E-state index in [9.17, 15) is 25.0 Å². The lowest BCUT2D eigenvalue weighted by molar-refractivity contribution is -0.384. The Morgan fingerprint density at radius 3 is 2.39 bits per heavy atom. The highest BCUT2D eigenvalue weighted by Gasteiger charge is 2.27. The van der Waals surface area contributed by atoms with Gasteiger partial charge < -0.3 is 19.9 Å². The molecule has 1 aromatic heterocycles. The molecule has 3 aromatic rings. The quantitative estimate of drug-likeness (QED) is 0.347. The van der Waals surface area contributed by atoms with Crippen LogP contribution in [0.1, 0.15) is 68.1 Å². The van der Waals surface area contributed by atoms with Gasteiger partial charge in [-0.15, -0.1) is 0 Å². The second-order valence-corrected chi connectivity index (χ2v) is 10.6. The van der Waals surface area contributed by atoms with E-state index in [0.717, 1.165) is 5.39 Å². The third kappa shape index (κ3) is 6.48. The predicted octanol–water partition coefficient (Wildman–Crippen LogP) is 5.04. The number of fused-ring (bicyclic) bond motifs is 1. The SMILES string of the molecule is CC(C)(C)OC(=O)NC1CCC(NC(=O)c2cc3ccc(C#N)cc3n2Cc2cccc([N+](=O)[O-])c2)CC1. The van der Waals surface area contributed by atoms with Crippen molar-refractivity contribution >= 4 is 28.6 Å². The fourth-order valence-corrected chi connectivity index (χ4v) is 4.75. The van der Waals surface area contributed by atoms with Crippen molar-refractivity contribution in [1.82, 2.24) is 15.2 Å². The zero-order valence-corrected chi connectivity index (χ0v) is 21.7. The highest BCUT2D eigenvalue weighted by atomic mass is 16.6. The van der Waals surface area contributed by atoms with Crippen LogP contribution in [0, 0.1) is 21.4 Å². The number of aromatic nitrogens is 1. The molecule has 0 saturated heterocycles. The molecule has 4 rings (SSSR count). The van der Waals surface area contributed by atoms with Crippen LogP contribution in [0.4, 0.5) is 10.5 Å². The van der Waals surface area contributed by atoms with Crippen molar-refractivity contribution in [3.05, 3.63) is 75.5 Å². The van der Waals surface area contributed by atoms with Crippen molar-refractivity contribution < 1.29 is 19.2 Å². The summed E-state index contributed by atoms with van der Waals surface area (Å²) < 4.78 is 7.13. The van der Waals surface area contributed by atoms with Gasteiger partial charge in [-0.25, -0.2) is 4.79 Å². The summed E-state index contributed by atoms with van der Waals surface area (Å²) in [5, 5.41) is 27.5. The van der Waals surface area contributed by atoms with E-state index in [1.54, 1.807) is 41.0 Å². The van der Waals surface area contributed by atoms with Crippen molar-refractivity contribution in [1.29, 1.82) is 5.26 Å². The van der Waals surface area contributed by atoms with Gasteiger partial charge >= 0.3 is 6.09 Å². The molecule has 2 aromatic carbocycles. The molecule has 1 fully saturated rings. The van der Waals surface area contributed by atoms with E-state index in [1.165, 1.54) is 12.1 Å². The standard InChI is InChI=1S/C28H31N5O5/c1-28(2,3)38-27(35)31-22-11-9-21(10-12-22)30-26(34)25-15-20-8-7-18(16-29)14-24(20)32(25)17-19-5-4-6-23(13-19)33(36)37/h4-8,13-15,21-22H,9-12,17H2,1-3H3,(H,30,34)(H,31,35). The zero-order chi connectivity index (χ0) is 27.4. The van der Waals surface area contributed by atoms with E-state index in [2.05, 4.69) is 16.7 Å². The monoisotopic (exact) mass is 517 g/mol. The fraction of sp³-hybridized carbons (Fsp3) is 0.393. The minimum atomic E-state index is -0.563. The maximum atomic E-state index is 13.4. The van der Waals surface area contributed by atoms with Crippen LogP contribution in [0.3, 0.4) is 0 Å². The second kappa shape index (κ2) is 10.9. The number of amides is 2. The Labute approximate surface area is 220 Å². The van der Waals surface area contributed by atoms with Gasteiger partial charge in [0.25, 0.3) is 11.6 Å². The highest BCUT2D eigenvalue weighted by Crippen LogP contribution is 2.25. The number of hydrogen-bond donors (Lipinski definition) is 2. The van der Waals surface area contributed by atoms with Gasteiger partial charge in [-0.3, -0.25) is 14.9 Å². The topological polar surface area (TPSA) is 139 Å². The number of hydrogen-bond acceptors (Lipinski definition) is 6. The van der Waals surface area contributed by atoms with E-state index >= 15 is 0 Å². The Morgan fingerprint density at radius 2 is 1.76 bits per heavy atom. The van der Waals surface area contributed by atoms with Crippen molar-refractivity contribution in [3.63, 3.8) is 0 Å². The fourth-order valence-electron chi connectivity index (χ4n) is 4.75. The first kappa shape index (κ1) is 26.7. The molecule has 2 N–H and O–H groups in total. The van der Waals surface area contributed by atoms with Gasteiger partial charge in [-0.1, -0.05) is 18.2 Å². The summed E-state index contributed by atoms with van der Waals surface area (Å²) in [4.78, 5) is 36.3. The number of non-ortho nitro benzene ring substituents is 1. The molecule has 1 saturated carbocycles. The number of nitriles is 1. The van der Waals surface area contributed by atoms with Crippen LogP contribution in [-0.2, 0) is 11.3 Å². The molecule has 0 unspecified atom stereocenters. The molecule has 0 aliphatic heterocycles. The summed E-state index contributed by atoms with van der Waals surface area (Å²) in [5.41, 5.74) is 1.65. The summed E-state index contributed by atoms with van der Waals surface area (Å²) >= 11 is 0. The maximum Gasteiger partial charge on any atom is 0.407 e. The molecule has 1 aliphatic carbocycles. The van der Waals surface area contributed by atoms with Crippen molar-refractivity contribution in [2.75, 3.05) is 0 Å². The first-order valence-electron chi connectivity index (χ1n) is 12.6. The van der Waals surface area contributed by atoms with Crippen molar-refractivity contribution in [2.24, 2.45) is 0 Å². The lowest BCUT2D eigenvalue weighted by atomic mass is 9.91. The van der Waals surface area contributed by atoms with E-state index in [4.69, 9.17) is 4.74 Å². The van der Waals surface area contributed by atoms with Crippen LogP contribution in [0.5, 0.6) is 0 Å². The van der Waals surface area contributed by atoms with Crippen LogP contribution in [0.25, 0.3) is 10.9 Å². The van der Waals surface area contributed by atoms with Gasteiger partial charge in [0.2, 0.25) is 0 Å². The van der Waals surface area contributed by atoms with E-state index < -0.39 is 16.6 Å². The number of nitro benzene ring substituents is 1. The lowest BCUT2D eigenvalue weighted by Crippen LogP contribution is -2.45. The van der Waals surface area contributed by atoms with Crippen LogP contribution in [0.2, 0.25) is 0 Å². The van der Waals surface area contributed by atoms with Crippen molar-refractivity contribution in [2.45, 2.75) is 70.7 Å². The lowest BCUT2D eigenvalue weighted by Gasteiger charge is -2.30. The number of alkyl carbamates (subject to hydrolysis) is 1. The average molecular weight is 518 g/mol. The van der Waals surface area contributed by atoms with Crippen LogP contribution in [0.15, 0.2) is 48.5 Å². The second-order valence-electron chi connectivity index (χ2n) is 10.6. The number of carbonyl (C=O) groups is 2. The molecule has 1 heterocycles. The summed E-state index contributed by atoms with van der Waals surface area (Å²) in [6.07, 6.45) is 2.40. The number of nitrogens with one attached hydrogen (secondary N) is 2. The normalized spacial score (nSPS) is 17.4. The highest BCUT2D eigenvalue weighted by molar-refractivity contribution is 5.99. The van der Waals surface area contributed by atoms with E-state index in [-0.39, 0.29) is 30.2 Å². The molecule has 0 atom stereocenters. The molecular weight excluding hydrogens is 486 g/mol. The Hall–Kier alpha value is -4.39. The number of benzene rings is 2. The van der Waals surface area contributed by atoms with Crippen LogP contribution < -0.4 is 10.6 Å². The zero-order valence-electron chi connectivity index (χ0n) is 21.7. The Morgan fingerprint density at radius 1 is 1.08 bits per heavy atom. The minimum absolute atomic E-state index is 0.0114. The van der Waals surface area contributed by atoms with E-state index in [0.29, 0.717) is 48.0 Å². The molecular formula is C28H31N5O5. The van der Waals surface area contributed by atoms with Crippen LogP contribution >= 0.6 is 0 Å². The van der Waals surface area contributed by atoms with Gasteiger partial charge in [0.15, 0.2) is 0 Å². The van der Waals surface area contributed by atoms with Crippen LogP contribution in [-0.4, -0.2) is 39.2 Å². The molecule has 10 nitrogen and oxygen atoms in total. The molecule has 2 amide bonds.